The highest BCUT2D eigenvalue weighted by Gasteiger charge is 2.04. The van der Waals surface area contributed by atoms with Crippen LogP contribution in [0.1, 0.15) is 16.7 Å². The van der Waals surface area contributed by atoms with Gasteiger partial charge in [0.2, 0.25) is 0 Å². The molecule has 0 spiro atoms. The summed E-state index contributed by atoms with van der Waals surface area (Å²) >= 11 is 4.97. The van der Waals surface area contributed by atoms with Crippen LogP contribution >= 0.6 is 12.2 Å². The molecule has 1 aromatic heterocycles. The quantitative estimate of drug-likeness (QED) is 0.575. The molecule has 0 amide bonds. The standard InChI is InChI=1S/C14H14N2S.ClH/c1-11-5-7-16(8-6-11)10-12-3-2-4-13(9-12)14(15)17;/h2-9H,10H2,1H3,(H-,15,17);1H. The SMILES string of the molecule is Cc1cc[n+](Cc2cccc(C(N)=S)c2)cc1.[Cl-]. The maximum Gasteiger partial charge on any atom is 0.173 e. The lowest BCUT2D eigenvalue weighted by Gasteiger charge is -2.01. The Morgan fingerprint density at radius 2 is 1.89 bits per heavy atom. The van der Waals surface area contributed by atoms with Crippen LogP contribution in [-0.4, -0.2) is 4.99 Å². The van der Waals surface area contributed by atoms with Gasteiger partial charge in [0.1, 0.15) is 4.99 Å². The van der Waals surface area contributed by atoms with Crippen molar-refractivity contribution in [3.63, 3.8) is 0 Å². The van der Waals surface area contributed by atoms with Gasteiger partial charge in [0.25, 0.3) is 0 Å². The van der Waals surface area contributed by atoms with Crippen LogP contribution in [0.25, 0.3) is 0 Å². The second-order valence-electron chi connectivity index (χ2n) is 4.11. The summed E-state index contributed by atoms with van der Waals surface area (Å²) in [5.41, 5.74) is 9.00. The predicted octanol–water partition coefficient (Wildman–Crippen LogP) is -1.03. The molecule has 4 heteroatoms. The van der Waals surface area contributed by atoms with E-state index in [1.54, 1.807) is 0 Å². The highest BCUT2D eigenvalue weighted by atomic mass is 35.5. The molecule has 0 aliphatic carbocycles. The number of pyridine rings is 1. The molecule has 0 unspecified atom stereocenters. The summed E-state index contributed by atoms with van der Waals surface area (Å²) in [7, 11) is 0. The Bertz CT molecular complexity index is 538. The van der Waals surface area contributed by atoms with Gasteiger partial charge in [-0.05, 0) is 18.6 Å². The number of rotatable bonds is 3. The molecular weight excluding hydrogens is 264 g/mol. The maximum atomic E-state index is 5.62. The van der Waals surface area contributed by atoms with Crippen LogP contribution in [-0.2, 0) is 6.54 Å². The third-order valence-corrected chi connectivity index (χ3v) is 2.87. The molecule has 0 saturated carbocycles. The van der Waals surface area contributed by atoms with E-state index in [2.05, 4.69) is 42.1 Å². The average Bonchev–Trinajstić information content (AvgIpc) is 2.32. The Kier molecular flexibility index (Phi) is 5.25. The van der Waals surface area contributed by atoms with Gasteiger partial charge in [0, 0.05) is 23.3 Å². The van der Waals surface area contributed by atoms with Crippen LogP contribution in [0, 0.1) is 6.92 Å². The molecule has 2 N–H and O–H groups in total. The lowest BCUT2D eigenvalue weighted by molar-refractivity contribution is -0.688. The first-order valence-electron chi connectivity index (χ1n) is 5.49. The minimum Gasteiger partial charge on any atom is -1.00 e. The van der Waals surface area contributed by atoms with Crippen LogP contribution in [0.3, 0.4) is 0 Å². The molecule has 18 heavy (non-hydrogen) atoms. The molecule has 0 aliphatic heterocycles. The molecule has 0 atom stereocenters. The summed E-state index contributed by atoms with van der Waals surface area (Å²) in [5.74, 6) is 0. The van der Waals surface area contributed by atoms with Crippen LogP contribution in [0.2, 0.25) is 0 Å². The fourth-order valence-corrected chi connectivity index (χ4v) is 1.80. The van der Waals surface area contributed by atoms with E-state index in [-0.39, 0.29) is 12.4 Å². The van der Waals surface area contributed by atoms with Gasteiger partial charge >= 0.3 is 0 Å². The van der Waals surface area contributed by atoms with Gasteiger partial charge in [-0.2, -0.15) is 0 Å². The molecule has 0 bridgehead atoms. The minimum atomic E-state index is 0. The predicted molar refractivity (Wildman–Crippen MR) is 72.8 cm³/mol. The fraction of sp³-hybridized carbons (Fsp3) is 0.143. The van der Waals surface area contributed by atoms with Crippen molar-refractivity contribution in [2.75, 3.05) is 0 Å². The summed E-state index contributed by atoms with van der Waals surface area (Å²) in [4.78, 5) is 0.445. The normalized spacial score (nSPS) is 9.61. The van der Waals surface area contributed by atoms with Crippen molar-refractivity contribution in [1.82, 2.24) is 0 Å². The van der Waals surface area contributed by atoms with E-state index in [0.717, 1.165) is 12.1 Å². The number of nitrogens with two attached hydrogens (primary N) is 1. The molecule has 94 valence electrons. The molecule has 1 aromatic carbocycles. The zero-order chi connectivity index (χ0) is 12.3. The molecule has 0 saturated heterocycles. The number of aryl methyl sites for hydroxylation is 1. The zero-order valence-electron chi connectivity index (χ0n) is 10.1. The van der Waals surface area contributed by atoms with Crippen molar-refractivity contribution >= 4 is 17.2 Å². The highest BCUT2D eigenvalue weighted by Crippen LogP contribution is 2.05. The van der Waals surface area contributed by atoms with Gasteiger partial charge in [0.15, 0.2) is 18.9 Å². The number of thiocarbonyl (C=S) groups is 1. The monoisotopic (exact) mass is 278 g/mol. The van der Waals surface area contributed by atoms with Crippen molar-refractivity contribution in [3.8, 4) is 0 Å². The van der Waals surface area contributed by atoms with Crippen LogP contribution in [0.4, 0.5) is 0 Å². The highest BCUT2D eigenvalue weighted by molar-refractivity contribution is 7.80. The minimum absolute atomic E-state index is 0. The Morgan fingerprint density at radius 3 is 2.50 bits per heavy atom. The van der Waals surface area contributed by atoms with E-state index in [1.165, 1.54) is 11.1 Å². The zero-order valence-corrected chi connectivity index (χ0v) is 11.7. The van der Waals surface area contributed by atoms with Crippen LogP contribution in [0.15, 0.2) is 48.8 Å². The topological polar surface area (TPSA) is 29.9 Å². The van der Waals surface area contributed by atoms with E-state index in [9.17, 15) is 0 Å². The summed E-state index contributed by atoms with van der Waals surface area (Å²) in [6, 6.07) is 12.2. The van der Waals surface area contributed by atoms with Crippen molar-refractivity contribution in [2.24, 2.45) is 5.73 Å². The van der Waals surface area contributed by atoms with Crippen molar-refractivity contribution in [3.05, 3.63) is 65.5 Å². The second-order valence-corrected chi connectivity index (χ2v) is 4.55. The van der Waals surface area contributed by atoms with E-state index >= 15 is 0 Å². The Balaban J connectivity index is 0.00000162. The van der Waals surface area contributed by atoms with Crippen LogP contribution in [0.5, 0.6) is 0 Å². The van der Waals surface area contributed by atoms with E-state index in [0.29, 0.717) is 4.99 Å². The maximum absolute atomic E-state index is 5.62. The van der Waals surface area contributed by atoms with Gasteiger partial charge in [-0.1, -0.05) is 30.4 Å². The third kappa shape index (κ3) is 3.79. The summed E-state index contributed by atoms with van der Waals surface area (Å²) < 4.78 is 2.13. The first kappa shape index (κ1) is 14.6. The van der Waals surface area contributed by atoms with E-state index < -0.39 is 0 Å². The fourth-order valence-electron chi connectivity index (χ4n) is 1.67. The molecule has 2 rings (SSSR count). The lowest BCUT2D eigenvalue weighted by Crippen LogP contribution is -3.00. The lowest BCUT2D eigenvalue weighted by atomic mass is 10.1. The van der Waals surface area contributed by atoms with Gasteiger partial charge < -0.3 is 18.1 Å². The van der Waals surface area contributed by atoms with E-state index in [1.807, 2.05) is 18.2 Å². The molecule has 0 fully saturated rings. The van der Waals surface area contributed by atoms with Gasteiger partial charge in [-0.3, -0.25) is 0 Å². The van der Waals surface area contributed by atoms with Gasteiger partial charge in [-0.25, -0.2) is 4.57 Å². The number of nitrogens with zero attached hydrogens (tertiary/aromatic N) is 1. The first-order chi connectivity index (χ1) is 8.15. The molecule has 2 nitrogen and oxygen atoms in total. The largest absolute Gasteiger partial charge is 1.00 e. The summed E-state index contributed by atoms with van der Waals surface area (Å²) in [6.45, 7) is 2.91. The summed E-state index contributed by atoms with van der Waals surface area (Å²) in [6.07, 6.45) is 4.14. The van der Waals surface area contributed by atoms with Crippen molar-refractivity contribution in [1.29, 1.82) is 0 Å². The second kappa shape index (κ2) is 6.47. The van der Waals surface area contributed by atoms with Gasteiger partial charge in [-0.15, -0.1) is 0 Å². The average molecular weight is 279 g/mol. The molecular formula is C14H15ClN2S. The van der Waals surface area contributed by atoms with Crippen molar-refractivity contribution in [2.45, 2.75) is 13.5 Å². The number of aromatic nitrogens is 1. The molecule has 1 heterocycles. The number of hydrogen-bond donors (Lipinski definition) is 1. The molecule has 2 aromatic rings. The Labute approximate surface area is 119 Å². The van der Waals surface area contributed by atoms with E-state index in [4.69, 9.17) is 18.0 Å². The molecule has 0 radical (unpaired) electrons. The Morgan fingerprint density at radius 1 is 1.22 bits per heavy atom. The van der Waals surface area contributed by atoms with Crippen molar-refractivity contribution < 1.29 is 17.0 Å². The van der Waals surface area contributed by atoms with Gasteiger partial charge in [0.05, 0.1) is 0 Å². The molecule has 0 aliphatic rings. The number of halogens is 1. The summed E-state index contributed by atoms with van der Waals surface area (Å²) in [5, 5.41) is 0. The van der Waals surface area contributed by atoms with Crippen LogP contribution < -0.4 is 22.7 Å². The Hall–Kier alpha value is -1.45. The number of hydrogen-bond acceptors (Lipinski definition) is 1. The number of benzene rings is 1. The smallest absolute Gasteiger partial charge is 0.173 e. The first-order valence-corrected chi connectivity index (χ1v) is 5.90. The third-order valence-electron chi connectivity index (χ3n) is 2.63.